The molecule has 3 atom stereocenters. The summed E-state index contributed by atoms with van der Waals surface area (Å²) < 4.78 is 0. The van der Waals surface area contributed by atoms with Crippen LogP contribution < -0.4 is 10.6 Å². The van der Waals surface area contributed by atoms with Crippen molar-refractivity contribution in [3.63, 3.8) is 0 Å². The summed E-state index contributed by atoms with van der Waals surface area (Å²) >= 11 is 2.10. The molecule has 1 fully saturated rings. The average Bonchev–Trinajstić information content (AvgIpc) is 2.37. The van der Waals surface area contributed by atoms with Gasteiger partial charge in [0.05, 0.1) is 0 Å². The highest BCUT2D eigenvalue weighted by Crippen LogP contribution is 2.30. The largest absolute Gasteiger partial charge is 0.369 e. The molecule has 0 spiro atoms. The van der Waals surface area contributed by atoms with E-state index >= 15 is 0 Å². The molecule has 0 radical (unpaired) electrons. The van der Waals surface area contributed by atoms with Gasteiger partial charge in [-0.3, -0.25) is 0 Å². The maximum atomic E-state index is 6.06. The molecule has 3 heteroatoms. The standard InChI is InChI=1S/C17H28N2S/c1-5-16(18)9-15-6-7-17(12(2)8-15)19-10-13(3)20-14(4)11-19/h6-8,13-14,16H,5,9-11,18H2,1-4H3. The van der Waals surface area contributed by atoms with Gasteiger partial charge in [0.2, 0.25) is 0 Å². The molecule has 2 N–H and O–H groups in total. The van der Waals surface area contributed by atoms with Crippen LogP contribution in [0.3, 0.4) is 0 Å². The molecule has 2 rings (SSSR count). The van der Waals surface area contributed by atoms with Gasteiger partial charge in [0, 0.05) is 35.3 Å². The zero-order chi connectivity index (χ0) is 14.7. The fourth-order valence-corrected chi connectivity index (χ4v) is 4.35. The average molecular weight is 292 g/mol. The lowest BCUT2D eigenvalue weighted by atomic mass is 10.0. The number of nitrogens with two attached hydrogens (primary N) is 1. The van der Waals surface area contributed by atoms with E-state index in [9.17, 15) is 0 Å². The molecular weight excluding hydrogens is 264 g/mol. The van der Waals surface area contributed by atoms with Crippen molar-refractivity contribution in [1.29, 1.82) is 0 Å². The molecule has 1 aromatic rings. The topological polar surface area (TPSA) is 29.3 Å². The second-order valence-electron chi connectivity index (χ2n) is 6.16. The number of aryl methyl sites for hydroxylation is 1. The van der Waals surface area contributed by atoms with E-state index in [0.717, 1.165) is 25.9 Å². The molecular formula is C17H28N2S. The lowest BCUT2D eigenvalue weighted by Gasteiger charge is -2.37. The Hall–Kier alpha value is -0.670. The van der Waals surface area contributed by atoms with Crippen molar-refractivity contribution in [2.75, 3.05) is 18.0 Å². The summed E-state index contributed by atoms with van der Waals surface area (Å²) in [6.07, 6.45) is 2.03. The first-order valence-electron chi connectivity index (χ1n) is 7.75. The molecule has 0 amide bonds. The minimum atomic E-state index is 0.284. The van der Waals surface area contributed by atoms with E-state index in [-0.39, 0.29) is 6.04 Å². The Balaban J connectivity index is 2.13. The van der Waals surface area contributed by atoms with Crippen LogP contribution in [0.2, 0.25) is 0 Å². The molecule has 1 aliphatic rings. The fraction of sp³-hybridized carbons (Fsp3) is 0.647. The molecule has 1 aliphatic heterocycles. The Morgan fingerprint density at radius 2 is 1.95 bits per heavy atom. The van der Waals surface area contributed by atoms with Gasteiger partial charge in [0.25, 0.3) is 0 Å². The fourth-order valence-electron chi connectivity index (χ4n) is 3.02. The number of anilines is 1. The van der Waals surface area contributed by atoms with E-state index in [2.05, 4.69) is 62.6 Å². The molecule has 1 saturated heterocycles. The van der Waals surface area contributed by atoms with E-state index in [1.165, 1.54) is 16.8 Å². The summed E-state index contributed by atoms with van der Waals surface area (Å²) in [7, 11) is 0. The van der Waals surface area contributed by atoms with Crippen LogP contribution in [0.4, 0.5) is 5.69 Å². The monoisotopic (exact) mass is 292 g/mol. The third kappa shape index (κ3) is 3.92. The third-order valence-corrected chi connectivity index (χ3v) is 5.27. The van der Waals surface area contributed by atoms with Crippen molar-refractivity contribution in [2.45, 2.75) is 57.1 Å². The van der Waals surface area contributed by atoms with Crippen LogP contribution in [0.1, 0.15) is 38.3 Å². The van der Waals surface area contributed by atoms with E-state index in [1.54, 1.807) is 0 Å². The van der Waals surface area contributed by atoms with Crippen molar-refractivity contribution in [3.8, 4) is 0 Å². The summed E-state index contributed by atoms with van der Waals surface area (Å²) in [6, 6.07) is 7.16. The predicted molar refractivity (Wildman–Crippen MR) is 91.9 cm³/mol. The number of rotatable bonds is 4. The molecule has 1 heterocycles. The molecule has 0 saturated carbocycles. The first-order valence-corrected chi connectivity index (χ1v) is 8.69. The summed E-state index contributed by atoms with van der Waals surface area (Å²) in [5, 5.41) is 1.43. The smallest absolute Gasteiger partial charge is 0.0396 e. The molecule has 3 unspecified atom stereocenters. The summed E-state index contributed by atoms with van der Waals surface area (Å²) in [5.41, 5.74) is 10.2. The zero-order valence-electron chi connectivity index (χ0n) is 13.2. The molecule has 112 valence electrons. The van der Waals surface area contributed by atoms with Gasteiger partial charge in [-0.25, -0.2) is 0 Å². The minimum absolute atomic E-state index is 0.284. The van der Waals surface area contributed by atoms with Gasteiger partial charge in [0.15, 0.2) is 0 Å². The van der Waals surface area contributed by atoms with Crippen molar-refractivity contribution in [3.05, 3.63) is 29.3 Å². The number of benzene rings is 1. The van der Waals surface area contributed by atoms with Gasteiger partial charge in [-0.2, -0.15) is 11.8 Å². The van der Waals surface area contributed by atoms with Gasteiger partial charge in [0.1, 0.15) is 0 Å². The van der Waals surface area contributed by atoms with E-state index in [1.807, 2.05) is 0 Å². The van der Waals surface area contributed by atoms with Crippen LogP contribution in [0.25, 0.3) is 0 Å². The van der Waals surface area contributed by atoms with Crippen LogP contribution in [0.15, 0.2) is 18.2 Å². The summed E-state index contributed by atoms with van der Waals surface area (Å²) in [6.45, 7) is 11.4. The Labute approximate surface area is 128 Å². The Morgan fingerprint density at radius 1 is 1.30 bits per heavy atom. The first kappa shape index (κ1) is 15.7. The van der Waals surface area contributed by atoms with Crippen LogP contribution >= 0.6 is 11.8 Å². The number of nitrogens with zero attached hydrogens (tertiary/aromatic N) is 1. The highest BCUT2D eigenvalue weighted by atomic mass is 32.2. The van der Waals surface area contributed by atoms with Gasteiger partial charge < -0.3 is 10.6 Å². The molecule has 2 nitrogen and oxygen atoms in total. The highest BCUT2D eigenvalue weighted by molar-refractivity contribution is 8.00. The Morgan fingerprint density at radius 3 is 2.50 bits per heavy atom. The first-order chi connectivity index (χ1) is 9.49. The quantitative estimate of drug-likeness (QED) is 0.919. The normalized spacial score (nSPS) is 24.8. The van der Waals surface area contributed by atoms with Crippen molar-refractivity contribution >= 4 is 17.4 Å². The van der Waals surface area contributed by atoms with Crippen molar-refractivity contribution in [2.24, 2.45) is 5.73 Å². The summed E-state index contributed by atoms with van der Waals surface area (Å²) in [5.74, 6) is 0. The van der Waals surface area contributed by atoms with Crippen molar-refractivity contribution in [1.82, 2.24) is 0 Å². The van der Waals surface area contributed by atoms with Crippen LogP contribution in [0, 0.1) is 6.92 Å². The number of hydrogen-bond acceptors (Lipinski definition) is 3. The lowest BCUT2D eigenvalue weighted by Crippen LogP contribution is -2.40. The molecule has 20 heavy (non-hydrogen) atoms. The third-order valence-electron chi connectivity index (χ3n) is 4.04. The van der Waals surface area contributed by atoms with Gasteiger partial charge in [-0.15, -0.1) is 0 Å². The second-order valence-corrected chi connectivity index (χ2v) is 8.04. The van der Waals surface area contributed by atoms with E-state index in [0.29, 0.717) is 10.5 Å². The zero-order valence-corrected chi connectivity index (χ0v) is 14.0. The van der Waals surface area contributed by atoms with E-state index < -0.39 is 0 Å². The van der Waals surface area contributed by atoms with Crippen molar-refractivity contribution < 1.29 is 0 Å². The van der Waals surface area contributed by atoms with E-state index in [4.69, 9.17) is 5.73 Å². The molecule has 0 bridgehead atoms. The lowest BCUT2D eigenvalue weighted by molar-refractivity contribution is 0.646. The SMILES string of the molecule is CCC(N)Cc1ccc(N2CC(C)SC(C)C2)c(C)c1. The molecule has 0 aromatic heterocycles. The minimum Gasteiger partial charge on any atom is -0.369 e. The highest BCUT2D eigenvalue weighted by Gasteiger charge is 2.23. The maximum Gasteiger partial charge on any atom is 0.0396 e. The number of thioether (sulfide) groups is 1. The second kappa shape index (κ2) is 6.86. The maximum absolute atomic E-state index is 6.06. The van der Waals surface area contributed by atoms with Crippen LogP contribution in [0.5, 0.6) is 0 Å². The molecule has 0 aliphatic carbocycles. The van der Waals surface area contributed by atoms with Gasteiger partial charge in [-0.05, 0) is 37.0 Å². The number of hydrogen-bond donors (Lipinski definition) is 1. The van der Waals surface area contributed by atoms with Gasteiger partial charge in [-0.1, -0.05) is 32.9 Å². The summed E-state index contributed by atoms with van der Waals surface area (Å²) in [4.78, 5) is 2.55. The molecule has 1 aromatic carbocycles. The van der Waals surface area contributed by atoms with Crippen LogP contribution in [-0.4, -0.2) is 29.6 Å². The predicted octanol–water partition coefficient (Wildman–Crippen LogP) is 3.61. The van der Waals surface area contributed by atoms with Crippen LogP contribution in [-0.2, 0) is 6.42 Å². The van der Waals surface area contributed by atoms with Gasteiger partial charge >= 0.3 is 0 Å². The Kier molecular flexibility index (Phi) is 5.39. The Bertz CT molecular complexity index is 437.